The van der Waals surface area contributed by atoms with E-state index >= 15 is 0 Å². The first-order chi connectivity index (χ1) is 10.3. The van der Waals surface area contributed by atoms with Crippen molar-refractivity contribution in [3.05, 3.63) is 60.2 Å². The number of carbonyl (C=O) groups excluding carboxylic acids is 1. The molecule has 0 aromatic heterocycles. The highest BCUT2D eigenvalue weighted by molar-refractivity contribution is 5.66. The van der Waals surface area contributed by atoms with Gasteiger partial charge in [0.15, 0.2) is 0 Å². The summed E-state index contributed by atoms with van der Waals surface area (Å²) in [6.45, 7) is 0.185. The highest BCUT2D eigenvalue weighted by Gasteiger charge is 2.00. The fourth-order valence-corrected chi connectivity index (χ4v) is 1.53. The van der Waals surface area contributed by atoms with Gasteiger partial charge in [-0.05, 0) is 29.8 Å². The van der Waals surface area contributed by atoms with Crippen LogP contribution in [0, 0.1) is 0 Å². The molecule has 108 valence electrons. The van der Waals surface area contributed by atoms with Crippen LogP contribution >= 0.6 is 0 Å². The maximum atomic E-state index is 11.4. The Kier molecular flexibility index (Phi) is 5.28. The molecule has 1 N–H and O–H groups in total. The first-order valence-corrected chi connectivity index (χ1v) is 6.29. The van der Waals surface area contributed by atoms with E-state index in [0.29, 0.717) is 5.69 Å². The van der Waals surface area contributed by atoms with Gasteiger partial charge in [0.25, 0.3) is 0 Å². The first-order valence-electron chi connectivity index (χ1n) is 6.29. The van der Waals surface area contributed by atoms with Crippen LogP contribution in [0.25, 0.3) is 0 Å². The number of benzene rings is 2. The third kappa shape index (κ3) is 4.94. The normalized spacial score (nSPS) is 10.3. The lowest BCUT2D eigenvalue weighted by Crippen LogP contribution is -2.17. The predicted octanol–water partition coefficient (Wildman–Crippen LogP) is 3.62. The van der Waals surface area contributed by atoms with Crippen LogP contribution in [0.1, 0.15) is 5.56 Å². The Morgan fingerprint density at radius 3 is 2.48 bits per heavy atom. The molecule has 0 aliphatic rings. The lowest BCUT2D eigenvalue weighted by Gasteiger charge is -2.02. The number of hydrogen-bond donors (Lipinski definition) is 1. The largest absolute Gasteiger partial charge is 0.497 e. The Morgan fingerprint density at radius 1 is 1.10 bits per heavy atom. The van der Waals surface area contributed by atoms with Gasteiger partial charge in [-0.3, -0.25) is 0 Å². The summed E-state index contributed by atoms with van der Waals surface area (Å²) in [6.07, 6.45) is -0.656. The number of methoxy groups -OCH3 is 1. The Balaban J connectivity index is 1.76. The van der Waals surface area contributed by atoms with E-state index in [0.717, 1.165) is 11.3 Å². The quantitative estimate of drug-likeness (QED) is 0.673. The Hall–Kier alpha value is -2.89. The standard InChI is InChI=1S/C15H15N3O3/c1-20-14-9-7-13(8-10-14)16-18-17-15(19)21-11-12-5-3-2-4-6-12/h2-10H,11H2,1H3,(H,16,17,19). The van der Waals surface area contributed by atoms with Gasteiger partial charge in [0.1, 0.15) is 12.4 Å². The molecule has 0 unspecified atom stereocenters. The average Bonchev–Trinajstić information content (AvgIpc) is 2.54. The summed E-state index contributed by atoms with van der Waals surface area (Å²) < 4.78 is 10.0. The SMILES string of the molecule is COc1ccc(N=NNC(=O)OCc2ccccc2)cc1. The van der Waals surface area contributed by atoms with Crippen LogP contribution in [0.3, 0.4) is 0 Å². The summed E-state index contributed by atoms with van der Waals surface area (Å²) in [5.41, 5.74) is 3.69. The predicted molar refractivity (Wildman–Crippen MR) is 77.3 cm³/mol. The molecule has 0 bridgehead atoms. The second-order valence-corrected chi connectivity index (χ2v) is 4.07. The lowest BCUT2D eigenvalue weighted by molar-refractivity contribution is 0.139. The van der Waals surface area contributed by atoms with E-state index in [-0.39, 0.29) is 6.61 Å². The Labute approximate surface area is 122 Å². The minimum atomic E-state index is -0.656. The van der Waals surface area contributed by atoms with Crippen molar-refractivity contribution in [1.82, 2.24) is 5.43 Å². The number of rotatable bonds is 5. The summed E-state index contributed by atoms with van der Waals surface area (Å²) >= 11 is 0. The first kappa shape index (κ1) is 14.5. The molecule has 6 nitrogen and oxygen atoms in total. The van der Waals surface area contributed by atoms with Gasteiger partial charge in [0.2, 0.25) is 0 Å². The van der Waals surface area contributed by atoms with Crippen LogP contribution in [0.4, 0.5) is 10.5 Å². The molecule has 2 aromatic carbocycles. The van der Waals surface area contributed by atoms with Gasteiger partial charge < -0.3 is 9.47 Å². The molecular weight excluding hydrogens is 270 g/mol. The summed E-state index contributed by atoms with van der Waals surface area (Å²) in [4.78, 5) is 11.4. The average molecular weight is 285 g/mol. The van der Waals surface area contributed by atoms with Gasteiger partial charge in [-0.25, -0.2) is 4.79 Å². The number of ether oxygens (including phenoxy) is 2. The summed E-state index contributed by atoms with van der Waals surface area (Å²) in [7, 11) is 1.58. The second kappa shape index (κ2) is 7.64. The van der Waals surface area contributed by atoms with Crippen molar-refractivity contribution in [2.45, 2.75) is 6.61 Å². The van der Waals surface area contributed by atoms with Crippen LogP contribution < -0.4 is 10.2 Å². The molecular formula is C15H15N3O3. The minimum Gasteiger partial charge on any atom is -0.497 e. The molecule has 2 rings (SSSR count). The molecule has 1 amide bonds. The number of carbonyl (C=O) groups is 1. The van der Waals surface area contributed by atoms with Gasteiger partial charge in [-0.2, -0.15) is 5.43 Å². The van der Waals surface area contributed by atoms with Crippen LogP contribution in [0.5, 0.6) is 5.75 Å². The molecule has 0 fully saturated rings. The molecule has 0 saturated heterocycles. The zero-order chi connectivity index (χ0) is 14.9. The van der Waals surface area contributed by atoms with Crippen molar-refractivity contribution < 1.29 is 14.3 Å². The molecule has 0 radical (unpaired) electrons. The van der Waals surface area contributed by atoms with Crippen LogP contribution in [0.2, 0.25) is 0 Å². The van der Waals surface area contributed by atoms with E-state index in [4.69, 9.17) is 9.47 Å². The van der Waals surface area contributed by atoms with Gasteiger partial charge in [-0.15, -0.1) is 5.11 Å². The van der Waals surface area contributed by atoms with Crippen molar-refractivity contribution >= 4 is 11.8 Å². The third-order valence-electron chi connectivity index (χ3n) is 2.59. The molecule has 0 aliphatic heterocycles. The molecule has 0 spiro atoms. The maximum absolute atomic E-state index is 11.4. The number of nitrogens with one attached hydrogen (secondary N) is 1. The van der Waals surface area contributed by atoms with Crippen LogP contribution in [-0.2, 0) is 11.3 Å². The molecule has 0 saturated carbocycles. The summed E-state index contributed by atoms with van der Waals surface area (Å²) in [6, 6.07) is 16.3. The van der Waals surface area contributed by atoms with E-state index in [1.807, 2.05) is 30.3 Å². The Morgan fingerprint density at radius 2 is 1.81 bits per heavy atom. The van der Waals surface area contributed by atoms with Gasteiger partial charge in [0, 0.05) is 0 Å². The van der Waals surface area contributed by atoms with Crippen molar-refractivity contribution in [2.24, 2.45) is 10.3 Å². The smallest absolute Gasteiger partial charge is 0.429 e. The molecule has 0 aliphatic carbocycles. The number of hydrogen-bond acceptors (Lipinski definition) is 5. The fourth-order valence-electron chi connectivity index (χ4n) is 1.53. The van der Waals surface area contributed by atoms with Crippen molar-refractivity contribution in [3.8, 4) is 5.75 Å². The van der Waals surface area contributed by atoms with E-state index < -0.39 is 6.09 Å². The fraction of sp³-hybridized carbons (Fsp3) is 0.133. The molecule has 0 atom stereocenters. The van der Waals surface area contributed by atoms with Gasteiger partial charge in [0.05, 0.1) is 12.8 Å². The number of nitrogens with zero attached hydrogens (tertiary/aromatic N) is 2. The van der Waals surface area contributed by atoms with Crippen molar-refractivity contribution in [1.29, 1.82) is 0 Å². The highest BCUT2D eigenvalue weighted by atomic mass is 16.6. The van der Waals surface area contributed by atoms with E-state index in [9.17, 15) is 4.79 Å². The Bertz CT molecular complexity index is 597. The summed E-state index contributed by atoms with van der Waals surface area (Å²) in [5, 5.41) is 7.40. The maximum Gasteiger partial charge on any atom is 0.429 e. The third-order valence-corrected chi connectivity index (χ3v) is 2.59. The lowest BCUT2D eigenvalue weighted by atomic mass is 10.2. The second-order valence-electron chi connectivity index (χ2n) is 4.07. The van der Waals surface area contributed by atoms with E-state index in [2.05, 4.69) is 15.8 Å². The molecule has 2 aromatic rings. The molecule has 0 heterocycles. The monoisotopic (exact) mass is 285 g/mol. The summed E-state index contributed by atoms with van der Waals surface area (Å²) in [5.74, 6) is 0.726. The van der Waals surface area contributed by atoms with Crippen LogP contribution in [0.15, 0.2) is 64.9 Å². The molecule has 6 heteroatoms. The minimum absolute atomic E-state index is 0.185. The van der Waals surface area contributed by atoms with Crippen LogP contribution in [-0.4, -0.2) is 13.2 Å². The van der Waals surface area contributed by atoms with Crippen molar-refractivity contribution in [2.75, 3.05) is 7.11 Å². The van der Waals surface area contributed by atoms with E-state index in [1.54, 1.807) is 31.4 Å². The molecule has 21 heavy (non-hydrogen) atoms. The van der Waals surface area contributed by atoms with Crippen molar-refractivity contribution in [3.63, 3.8) is 0 Å². The highest BCUT2D eigenvalue weighted by Crippen LogP contribution is 2.17. The van der Waals surface area contributed by atoms with Gasteiger partial charge in [-0.1, -0.05) is 35.6 Å². The van der Waals surface area contributed by atoms with Gasteiger partial charge >= 0.3 is 6.09 Å². The zero-order valence-corrected chi connectivity index (χ0v) is 11.5. The zero-order valence-electron chi connectivity index (χ0n) is 11.5. The number of amides is 1. The van der Waals surface area contributed by atoms with E-state index in [1.165, 1.54) is 0 Å². The topological polar surface area (TPSA) is 72.3 Å².